The highest BCUT2D eigenvalue weighted by molar-refractivity contribution is 7.94. The molecule has 3 rings (SSSR count). The largest absolute Gasteiger partial charge is 0.468 e. The first-order valence-corrected chi connectivity index (χ1v) is 9.31. The van der Waals surface area contributed by atoms with Crippen LogP contribution < -0.4 is 9.21 Å². The van der Waals surface area contributed by atoms with E-state index >= 15 is 0 Å². The van der Waals surface area contributed by atoms with E-state index in [1.165, 1.54) is 19.2 Å². The number of amides is 2. The Bertz CT molecular complexity index is 1000. The van der Waals surface area contributed by atoms with E-state index in [-0.39, 0.29) is 22.8 Å². The van der Waals surface area contributed by atoms with Gasteiger partial charge in [-0.2, -0.15) is 4.31 Å². The molecule has 0 bridgehead atoms. The Balaban J connectivity index is 2.25. The quantitative estimate of drug-likeness (QED) is 0.771. The highest BCUT2D eigenvalue weighted by Gasteiger charge is 2.43. The van der Waals surface area contributed by atoms with Crippen LogP contribution in [0.15, 0.2) is 47.4 Å². The van der Waals surface area contributed by atoms with Crippen LogP contribution in [0.25, 0.3) is 0 Å². The molecule has 0 N–H and O–H groups in total. The van der Waals surface area contributed by atoms with Gasteiger partial charge in [-0.1, -0.05) is 24.3 Å². The van der Waals surface area contributed by atoms with E-state index in [2.05, 4.69) is 4.74 Å². The number of aryl methyl sites for hydroxylation is 2. The Kier molecular flexibility index (Phi) is 4.45. The molecule has 0 saturated carbocycles. The third-order valence-corrected chi connectivity index (χ3v) is 5.91. The van der Waals surface area contributed by atoms with Crippen LogP contribution in [0.1, 0.15) is 11.1 Å². The van der Waals surface area contributed by atoms with Crippen LogP contribution in [0.3, 0.4) is 0 Å². The van der Waals surface area contributed by atoms with Crippen molar-refractivity contribution in [1.82, 2.24) is 0 Å². The molecule has 136 valence electrons. The zero-order chi connectivity index (χ0) is 19.1. The third-order valence-electron chi connectivity index (χ3n) is 4.18. The van der Waals surface area contributed by atoms with Gasteiger partial charge in [0, 0.05) is 0 Å². The predicted octanol–water partition coefficient (Wildman–Crippen LogP) is 2.61. The summed E-state index contributed by atoms with van der Waals surface area (Å²) >= 11 is 0. The number of sulfonamides is 1. The molecule has 1 heterocycles. The number of para-hydroxylation sites is 1. The molecule has 0 saturated heterocycles. The van der Waals surface area contributed by atoms with Crippen molar-refractivity contribution < 1.29 is 22.7 Å². The normalized spacial score (nSPS) is 15.6. The van der Waals surface area contributed by atoms with Gasteiger partial charge in [-0.25, -0.2) is 13.2 Å². The van der Waals surface area contributed by atoms with Crippen LogP contribution in [0.4, 0.5) is 16.2 Å². The van der Waals surface area contributed by atoms with Gasteiger partial charge in [-0.15, -0.1) is 0 Å². The van der Waals surface area contributed by atoms with Crippen LogP contribution in [0.2, 0.25) is 0 Å². The van der Waals surface area contributed by atoms with Crippen molar-refractivity contribution in [2.45, 2.75) is 18.7 Å². The number of methoxy groups -OCH3 is 1. The Morgan fingerprint density at radius 3 is 2.46 bits per heavy atom. The van der Waals surface area contributed by atoms with Crippen molar-refractivity contribution in [3.05, 3.63) is 53.6 Å². The number of ether oxygens (including phenoxy) is 1. The highest BCUT2D eigenvalue weighted by Crippen LogP contribution is 2.38. The van der Waals surface area contributed by atoms with Crippen molar-refractivity contribution >= 4 is 33.4 Å². The SMILES string of the molecule is COC(=O)CN1C(=O)N(c2cc(C)ccc2C)S(=O)(=O)c2ccccc21. The van der Waals surface area contributed by atoms with E-state index in [0.717, 1.165) is 14.8 Å². The number of benzene rings is 2. The molecule has 0 aromatic heterocycles. The maximum absolute atomic E-state index is 13.1. The molecule has 2 aromatic rings. The fraction of sp³-hybridized carbons (Fsp3) is 0.222. The van der Waals surface area contributed by atoms with Gasteiger partial charge in [-0.05, 0) is 43.2 Å². The predicted molar refractivity (Wildman–Crippen MR) is 96.8 cm³/mol. The molecular formula is C18H18N2O5S. The van der Waals surface area contributed by atoms with Crippen LogP contribution in [0, 0.1) is 13.8 Å². The van der Waals surface area contributed by atoms with Crippen LogP contribution >= 0.6 is 0 Å². The number of carbonyl (C=O) groups is 2. The molecule has 7 nitrogen and oxygen atoms in total. The first kappa shape index (κ1) is 17.9. The number of fused-ring (bicyclic) bond motifs is 1. The lowest BCUT2D eigenvalue weighted by Gasteiger charge is -2.36. The van der Waals surface area contributed by atoms with Crippen LogP contribution in [0.5, 0.6) is 0 Å². The maximum atomic E-state index is 13.1. The molecule has 2 aromatic carbocycles. The molecule has 0 atom stereocenters. The summed E-state index contributed by atoms with van der Waals surface area (Å²) in [4.78, 5) is 25.9. The Morgan fingerprint density at radius 1 is 1.08 bits per heavy atom. The number of nitrogens with zero attached hydrogens (tertiary/aromatic N) is 2. The molecule has 26 heavy (non-hydrogen) atoms. The summed E-state index contributed by atoms with van der Waals surface area (Å²) in [6, 6.07) is 10.5. The Hall–Kier alpha value is -2.87. The Morgan fingerprint density at radius 2 is 1.77 bits per heavy atom. The molecule has 0 radical (unpaired) electrons. The summed E-state index contributed by atoms with van der Waals surface area (Å²) in [5.74, 6) is -0.645. The second kappa shape index (κ2) is 6.45. The lowest BCUT2D eigenvalue weighted by molar-refractivity contribution is -0.138. The standard InChI is InChI=1S/C18H18N2O5S/c1-12-8-9-13(2)15(10-12)20-18(22)19(11-17(21)25-3)14-6-4-5-7-16(14)26(20,23)24/h4-10H,11H2,1-3H3. The zero-order valence-electron chi connectivity index (χ0n) is 14.6. The minimum absolute atomic E-state index is 0.0376. The van der Waals surface area contributed by atoms with E-state index in [0.29, 0.717) is 5.56 Å². The minimum atomic E-state index is -4.11. The van der Waals surface area contributed by atoms with E-state index in [1.54, 1.807) is 31.2 Å². The zero-order valence-corrected chi connectivity index (χ0v) is 15.4. The average Bonchev–Trinajstić information content (AvgIpc) is 2.61. The van der Waals surface area contributed by atoms with Crippen molar-refractivity contribution in [3.8, 4) is 0 Å². The first-order valence-electron chi connectivity index (χ1n) is 7.87. The van der Waals surface area contributed by atoms with Gasteiger partial charge in [0.05, 0.1) is 18.5 Å². The monoisotopic (exact) mass is 374 g/mol. The van der Waals surface area contributed by atoms with Gasteiger partial charge < -0.3 is 4.74 Å². The number of urea groups is 1. The lowest BCUT2D eigenvalue weighted by atomic mass is 10.1. The van der Waals surface area contributed by atoms with Gasteiger partial charge in [0.25, 0.3) is 10.0 Å². The van der Waals surface area contributed by atoms with Crippen LogP contribution in [-0.4, -0.2) is 34.1 Å². The second-order valence-corrected chi connectivity index (χ2v) is 7.73. The molecule has 1 aliphatic rings. The summed E-state index contributed by atoms with van der Waals surface area (Å²) in [5, 5.41) is 0. The van der Waals surface area contributed by atoms with Crippen LogP contribution in [-0.2, 0) is 19.6 Å². The van der Waals surface area contributed by atoms with Crippen molar-refractivity contribution in [3.63, 3.8) is 0 Å². The maximum Gasteiger partial charge on any atom is 0.343 e. The number of anilines is 2. The van der Waals surface area contributed by atoms with Crippen molar-refractivity contribution in [2.75, 3.05) is 22.9 Å². The average molecular weight is 374 g/mol. The molecule has 0 aliphatic carbocycles. The van der Waals surface area contributed by atoms with E-state index in [1.807, 2.05) is 13.0 Å². The van der Waals surface area contributed by atoms with Crippen molar-refractivity contribution in [2.24, 2.45) is 0 Å². The molecule has 1 aliphatic heterocycles. The molecule has 8 heteroatoms. The highest BCUT2D eigenvalue weighted by atomic mass is 32.2. The third kappa shape index (κ3) is 2.82. The number of carbonyl (C=O) groups excluding carboxylic acids is 2. The van der Waals surface area contributed by atoms with E-state index in [9.17, 15) is 18.0 Å². The lowest BCUT2D eigenvalue weighted by Crippen LogP contribution is -2.52. The summed E-state index contributed by atoms with van der Waals surface area (Å²) in [6.07, 6.45) is 0. The second-order valence-electron chi connectivity index (χ2n) is 5.97. The minimum Gasteiger partial charge on any atom is -0.468 e. The fourth-order valence-electron chi connectivity index (χ4n) is 2.83. The van der Waals surface area contributed by atoms with E-state index in [4.69, 9.17) is 0 Å². The van der Waals surface area contributed by atoms with Gasteiger partial charge in [0.1, 0.15) is 11.4 Å². The smallest absolute Gasteiger partial charge is 0.343 e. The molecule has 0 fully saturated rings. The summed E-state index contributed by atoms with van der Waals surface area (Å²) < 4.78 is 31.7. The topological polar surface area (TPSA) is 84.0 Å². The van der Waals surface area contributed by atoms with Crippen molar-refractivity contribution in [1.29, 1.82) is 0 Å². The van der Waals surface area contributed by atoms with Gasteiger partial charge >= 0.3 is 12.0 Å². The Labute approximate surface area is 151 Å². The molecule has 2 amide bonds. The summed E-state index contributed by atoms with van der Waals surface area (Å²) in [7, 11) is -2.90. The summed E-state index contributed by atoms with van der Waals surface area (Å²) in [6.45, 7) is 3.15. The van der Waals surface area contributed by atoms with Gasteiger partial charge in [-0.3, -0.25) is 9.69 Å². The number of rotatable bonds is 3. The van der Waals surface area contributed by atoms with E-state index < -0.39 is 22.0 Å². The molecule has 0 unspecified atom stereocenters. The first-order chi connectivity index (χ1) is 12.3. The number of hydrogen-bond acceptors (Lipinski definition) is 5. The summed E-state index contributed by atoms with van der Waals surface area (Å²) in [5.41, 5.74) is 1.86. The number of esters is 1. The van der Waals surface area contributed by atoms with Gasteiger partial charge in [0.15, 0.2) is 0 Å². The molecular weight excluding hydrogens is 356 g/mol. The number of hydrogen-bond donors (Lipinski definition) is 0. The molecule has 0 spiro atoms. The fourth-order valence-corrected chi connectivity index (χ4v) is 4.48. The van der Waals surface area contributed by atoms with Gasteiger partial charge in [0.2, 0.25) is 0 Å².